The lowest BCUT2D eigenvalue weighted by atomic mass is 9.94. The van der Waals surface area contributed by atoms with Gasteiger partial charge in [-0.3, -0.25) is 4.68 Å². The van der Waals surface area contributed by atoms with Crippen molar-refractivity contribution < 1.29 is 0 Å². The molecular weight excluding hydrogens is 230 g/mol. The highest BCUT2D eigenvalue weighted by atomic mass is 79.9. The standard InChI is InChI=1S/C9H14BrN3/c1-11-7-5-3-4-6-8(7)12-13(2)9(6)10/h7,11H,3-5H2,1-2H3. The first-order valence-corrected chi connectivity index (χ1v) is 5.42. The normalized spacial score (nSPS) is 21.6. The van der Waals surface area contributed by atoms with E-state index in [9.17, 15) is 0 Å². The number of halogens is 1. The van der Waals surface area contributed by atoms with Crippen molar-refractivity contribution in [1.29, 1.82) is 0 Å². The summed E-state index contributed by atoms with van der Waals surface area (Å²) >= 11 is 3.57. The Hall–Kier alpha value is -0.350. The maximum Gasteiger partial charge on any atom is 0.107 e. The second-order valence-electron chi connectivity index (χ2n) is 3.51. The number of aromatic nitrogens is 2. The van der Waals surface area contributed by atoms with Crippen molar-refractivity contribution in [1.82, 2.24) is 15.1 Å². The summed E-state index contributed by atoms with van der Waals surface area (Å²) in [6.45, 7) is 0. The molecule has 2 rings (SSSR count). The van der Waals surface area contributed by atoms with E-state index in [0.717, 1.165) is 11.0 Å². The summed E-state index contributed by atoms with van der Waals surface area (Å²) in [4.78, 5) is 0. The van der Waals surface area contributed by atoms with Crippen molar-refractivity contribution in [2.75, 3.05) is 7.05 Å². The lowest BCUT2D eigenvalue weighted by Crippen LogP contribution is -2.21. The fraction of sp³-hybridized carbons (Fsp3) is 0.667. The maximum absolute atomic E-state index is 4.51. The molecule has 1 aromatic rings. The van der Waals surface area contributed by atoms with Gasteiger partial charge in [-0.15, -0.1) is 0 Å². The van der Waals surface area contributed by atoms with Crippen molar-refractivity contribution in [2.45, 2.75) is 25.3 Å². The number of fused-ring (bicyclic) bond motifs is 1. The molecule has 0 bridgehead atoms. The van der Waals surface area contributed by atoms with Crippen molar-refractivity contribution in [3.05, 3.63) is 15.9 Å². The molecular formula is C9H14BrN3. The zero-order valence-corrected chi connectivity index (χ0v) is 9.56. The van der Waals surface area contributed by atoms with Crippen LogP contribution in [0.2, 0.25) is 0 Å². The van der Waals surface area contributed by atoms with Gasteiger partial charge in [-0.2, -0.15) is 5.10 Å². The Labute approximate surface area is 86.6 Å². The summed E-state index contributed by atoms with van der Waals surface area (Å²) in [6, 6.07) is 0.446. The van der Waals surface area contributed by atoms with E-state index in [1.165, 1.54) is 24.1 Å². The Bertz CT molecular complexity index is 319. The van der Waals surface area contributed by atoms with E-state index < -0.39 is 0 Å². The number of rotatable bonds is 1. The van der Waals surface area contributed by atoms with Crippen LogP contribution in [0.4, 0.5) is 0 Å². The Morgan fingerprint density at radius 1 is 1.62 bits per heavy atom. The van der Waals surface area contributed by atoms with Gasteiger partial charge in [-0.25, -0.2) is 0 Å². The minimum atomic E-state index is 0.446. The monoisotopic (exact) mass is 243 g/mol. The Kier molecular flexibility index (Phi) is 2.43. The molecule has 1 aromatic heterocycles. The topological polar surface area (TPSA) is 29.9 Å². The highest BCUT2D eigenvalue weighted by Crippen LogP contribution is 2.32. The van der Waals surface area contributed by atoms with Gasteiger partial charge in [-0.05, 0) is 42.2 Å². The van der Waals surface area contributed by atoms with Gasteiger partial charge in [-0.1, -0.05) is 0 Å². The molecule has 0 aliphatic heterocycles. The van der Waals surface area contributed by atoms with Crippen LogP contribution in [0.3, 0.4) is 0 Å². The summed E-state index contributed by atoms with van der Waals surface area (Å²) in [5.74, 6) is 0. The van der Waals surface area contributed by atoms with E-state index in [1.807, 2.05) is 18.8 Å². The molecule has 1 N–H and O–H groups in total. The van der Waals surface area contributed by atoms with Gasteiger partial charge >= 0.3 is 0 Å². The molecule has 1 heterocycles. The third kappa shape index (κ3) is 1.42. The second-order valence-corrected chi connectivity index (χ2v) is 4.26. The largest absolute Gasteiger partial charge is 0.312 e. The van der Waals surface area contributed by atoms with E-state index >= 15 is 0 Å². The van der Waals surface area contributed by atoms with E-state index in [2.05, 4.69) is 26.3 Å². The van der Waals surface area contributed by atoms with Gasteiger partial charge in [0.25, 0.3) is 0 Å². The van der Waals surface area contributed by atoms with Crippen LogP contribution in [0.5, 0.6) is 0 Å². The lowest BCUT2D eigenvalue weighted by molar-refractivity contribution is 0.482. The average Bonchev–Trinajstić information content (AvgIpc) is 2.43. The number of aryl methyl sites for hydroxylation is 1. The first-order valence-electron chi connectivity index (χ1n) is 4.62. The second kappa shape index (κ2) is 3.42. The molecule has 1 atom stereocenters. The van der Waals surface area contributed by atoms with Crippen LogP contribution in [-0.4, -0.2) is 16.8 Å². The van der Waals surface area contributed by atoms with Crippen LogP contribution < -0.4 is 5.32 Å². The minimum absolute atomic E-state index is 0.446. The molecule has 0 amide bonds. The van der Waals surface area contributed by atoms with Crippen molar-refractivity contribution >= 4 is 15.9 Å². The molecule has 3 nitrogen and oxygen atoms in total. The van der Waals surface area contributed by atoms with E-state index in [4.69, 9.17) is 0 Å². The minimum Gasteiger partial charge on any atom is -0.312 e. The van der Waals surface area contributed by atoms with Gasteiger partial charge in [0.05, 0.1) is 11.7 Å². The lowest BCUT2D eigenvalue weighted by Gasteiger charge is -2.20. The van der Waals surface area contributed by atoms with Gasteiger partial charge < -0.3 is 5.32 Å². The fourth-order valence-electron chi connectivity index (χ4n) is 1.98. The summed E-state index contributed by atoms with van der Waals surface area (Å²) < 4.78 is 3.06. The molecule has 1 aliphatic rings. The quantitative estimate of drug-likeness (QED) is 0.816. The summed E-state index contributed by atoms with van der Waals surface area (Å²) in [5.41, 5.74) is 2.61. The van der Waals surface area contributed by atoms with Gasteiger partial charge in [0.15, 0.2) is 0 Å². The van der Waals surface area contributed by atoms with Crippen molar-refractivity contribution in [3.63, 3.8) is 0 Å². The first kappa shape index (κ1) is 9.21. The SMILES string of the molecule is CNC1CCCc2c1nn(C)c2Br. The predicted molar refractivity (Wildman–Crippen MR) is 55.6 cm³/mol. The molecule has 0 radical (unpaired) electrons. The zero-order valence-electron chi connectivity index (χ0n) is 7.97. The number of nitrogens with one attached hydrogen (secondary N) is 1. The van der Waals surface area contributed by atoms with Crippen molar-refractivity contribution in [2.24, 2.45) is 7.05 Å². The molecule has 0 aromatic carbocycles. The van der Waals surface area contributed by atoms with Gasteiger partial charge in [0.1, 0.15) is 4.60 Å². The highest BCUT2D eigenvalue weighted by Gasteiger charge is 2.24. The molecule has 0 spiro atoms. The van der Waals surface area contributed by atoms with Gasteiger partial charge in [0.2, 0.25) is 0 Å². The van der Waals surface area contributed by atoms with E-state index in [1.54, 1.807) is 0 Å². The molecule has 13 heavy (non-hydrogen) atoms. The molecule has 4 heteroatoms. The smallest absolute Gasteiger partial charge is 0.107 e. The van der Waals surface area contributed by atoms with Crippen LogP contribution in [0.1, 0.15) is 30.1 Å². The van der Waals surface area contributed by atoms with Crippen LogP contribution in [-0.2, 0) is 13.5 Å². The third-order valence-electron chi connectivity index (χ3n) is 2.70. The Morgan fingerprint density at radius 3 is 3.08 bits per heavy atom. The third-order valence-corrected chi connectivity index (χ3v) is 3.69. The average molecular weight is 244 g/mol. The molecule has 0 fully saturated rings. The number of hydrogen-bond acceptors (Lipinski definition) is 2. The first-order chi connectivity index (χ1) is 6.24. The Balaban J connectivity index is 2.45. The number of nitrogens with zero attached hydrogens (tertiary/aromatic N) is 2. The molecule has 0 saturated heterocycles. The summed E-state index contributed by atoms with van der Waals surface area (Å²) in [6.07, 6.45) is 3.61. The molecule has 1 unspecified atom stereocenters. The van der Waals surface area contributed by atoms with Crippen LogP contribution in [0, 0.1) is 0 Å². The summed E-state index contributed by atoms with van der Waals surface area (Å²) in [7, 11) is 3.98. The van der Waals surface area contributed by atoms with Crippen LogP contribution in [0.25, 0.3) is 0 Å². The van der Waals surface area contributed by atoms with Gasteiger partial charge in [0, 0.05) is 12.6 Å². The Morgan fingerprint density at radius 2 is 2.38 bits per heavy atom. The van der Waals surface area contributed by atoms with Crippen molar-refractivity contribution in [3.8, 4) is 0 Å². The molecule has 0 saturated carbocycles. The zero-order chi connectivity index (χ0) is 9.42. The fourth-order valence-corrected chi connectivity index (χ4v) is 2.46. The van der Waals surface area contributed by atoms with Crippen LogP contribution >= 0.6 is 15.9 Å². The maximum atomic E-state index is 4.51. The molecule has 72 valence electrons. The molecule has 1 aliphatic carbocycles. The van der Waals surface area contributed by atoms with E-state index in [-0.39, 0.29) is 0 Å². The highest BCUT2D eigenvalue weighted by molar-refractivity contribution is 9.10. The summed E-state index contributed by atoms with van der Waals surface area (Å²) in [5, 5.41) is 7.81. The predicted octanol–water partition coefficient (Wildman–Crippen LogP) is 1.78. The van der Waals surface area contributed by atoms with Crippen LogP contribution in [0.15, 0.2) is 4.60 Å². The van der Waals surface area contributed by atoms with E-state index in [0.29, 0.717) is 6.04 Å². The number of hydrogen-bond donors (Lipinski definition) is 1.